The van der Waals surface area contributed by atoms with Gasteiger partial charge in [0.05, 0.1) is 26.1 Å². The fourth-order valence-corrected chi connectivity index (χ4v) is 6.27. The summed E-state index contributed by atoms with van der Waals surface area (Å²) in [6.07, 6.45) is 4.72. The van der Waals surface area contributed by atoms with Gasteiger partial charge in [0.2, 0.25) is 23.6 Å². The lowest BCUT2D eigenvalue weighted by Crippen LogP contribution is -2.47. The zero-order valence-corrected chi connectivity index (χ0v) is 25.9. The molecule has 2 aromatic carbocycles. The molecule has 0 N–H and O–H groups in total. The predicted molar refractivity (Wildman–Crippen MR) is 165 cm³/mol. The van der Waals surface area contributed by atoms with Crippen molar-refractivity contribution in [3.8, 4) is 11.5 Å². The van der Waals surface area contributed by atoms with Crippen LogP contribution in [-0.2, 0) is 32.0 Å². The molecule has 44 heavy (non-hydrogen) atoms. The van der Waals surface area contributed by atoms with E-state index in [9.17, 15) is 19.2 Å². The van der Waals surface area contributed by atoms with Gasteiger partial charge in [-0.15, -0.1) is 0 Å². The molecular formula is C34H44N4O6. The number of nitrogens with zero attached hydrogens (tertiary/aromatic N) is 4. The standard InChI is InChI=1S/C34H44N4O6/c1-35-21-15-25-7-11-27(12-8-25)44-24-18-32(40)38-20-4-6-30(38)34(42)36(2)22-16-26-9-13-28(14-10-26)43-23-17-31(39)37-19-3-5-29(37)33(35)41/h7-14,29-30H,3-6,15-24H2,1-2H3. The van der Waals surface area contributed by atoms with Crippen LogP contribution in [-0.4, -0.2) is 109 Å². The molecule has 4 amide bonds. The third-order valence-electron chi connectivity index (χ3n) is 8.96. The number of rotatable bonds is 0. The van der Waals surface area contributed by atoms with Crippen LogP contribution in [0.1, 0.15) is 49.7 Å². The molecule has 0 saturated carbocycles. The minimum absolute atomic E-state index is 0.0299. The number of benzene rings is 2. The lowest BCUT2D eigenvalue weighted by molar-refractivity contribution is -0.143. The second-order valence-corrected chi connectivity index (χ2v) is 12.0. The van der Waals surface area contributed by atoms with Crippen LogP contribution in [0.25, 0.3) is 0 Å². The molecule has 2 saturated heterocycles. The zero-order chi connectivity index (χ0) is 31.1. The first kappa shape index (κ1) is 31.3. The van der Waals surface area contributed by atoms with Gasteiger partial charge in [0.15, 0.2) is 0 Å². The summed E-state index contributed by atoms with van der Waals surface area (Å²) >= 11 is 0. The van der Waals surface area contributed by atoms with Crippen LogP contribution >= 0.6 is 0 Å². The number of ether oxygens (including phenoxy) is 2. The number of hydrogen-bond acceptors (Lipinski definition) is 6. The number of hydrogen-bond donors (Lipinski definition) is 0. The monoisotopic (exact) mass is 604 g/mol. The fourth-order valence-electron chi connectivity index (χ4n) is 6.27. The summed E-state index contributed by atoms with van der Waals surface area (Å²) in [5.41, 5.74) is 2.13. The van der Waals surface area contributed by atoms with E-state index in [0.29, 0.717) is 63.4 Å². The maximum absolute atomic E-state index is 13.3. The van der Waals surface area contributed by atoms with Crippen LogP contribution in [0.15, 0.2) is 48.5 Å². The van der Waals surface area contributed by atoms with E-state index in [0.717, 1.165) is 24.0 Å². The highest BCUT2D eigenvalue weighted by Crippen LogP contribution is 2.23. The van der Waals surface area contributed by atoms with E-state index < -0.39 is 12.1 Å². The Hall–Kier alpha value is -4.08. The number of amides is 4. The summed E-state index contributed by atoms with van der Waals surface area (Å²) in [7, 11) is 3.58. The fraction of sp³-hybridized carbons (Fsp3) is 0.529. The molecule has 2 atom stereocenters. The van der Waals surface area contributed by atoms with Gasteiger partial charge in [-0.1, -0.05) is 24.3 Å². The average molecular weight is 605 g/mol. The summed E-state index contributed by atoms with van der Waals surface area (Å²) in [4.78, 5) is 59.5. The second-order valence-electron chi connectivity index (χ2n) is 12.0. The van der Waals surface area contributed by atoms with Crippen molar-refractivity contribution < 1.29 is 28.7 Å². The largest absolute Gasteiger partial charge is 0.493 e. The van der Waals surface area contributed by atoms with Crippen LogP contribution in [0.3, 0.4) is 0 Å². The van der Waals surface area contributed by atoms with E-state index >= 15 is 0 Å². The van der Waals surface area contributed by atoms with E-state index in [-0.39, 0.29) is 49.7 Å². The molecule has 8 rings (SSSR count). The Balaban J connectivity index is 1.26. The predicted octanol–water partition coefficient (Wildman–Crippen LogP) is 2.92. The van der Waals surface area contributed by atoms with Gasteiger partial charge < -0.3 is 29.1 Å². The SMILES string of the molecule is CN1CCc2ccc(cc2)OCCC(=O)N2CCCC2C(=O)N(C)CCc2ccc(cc2)OCCC(=O)N2CCCC2C1=O. The van der Waals surface area contributed by atoms with Crippen LogP contribution in [0.2, 0.25) is 0 Å². The Morgan fingerprint density at radius 3 is 1.32 bits per heavy atom. The molecule has 6 aliphatic heterocycles. The van der Waals surface area contributed by atoms with Gasteiger partial charge in [-0.3, -0.25) is 19.2 Å². The smallest absolute Gasteiger partial charge is 0.245 e. The molecule has 10 heteroatoms. The maximum atomic E-state index is 13.3. The van der Waals surface area contributed by atoms with Crippen molar-refractivity contribution in [2.24, 2.45) is 0 Å². The molecule has 2 fully saturated rings. The molecule has 6 heterocycles. The second kappa shape index (κ2) is 14.6. The molecule has 6 aliphatic rings. The maximum Gasteiger partial charge on any atom is 0.245 e. The van der Waals surface area contributed by atoms with Crippen molar-refractivity contribution in [3.63, 3.8) is 0 Å². The highest BCUT2D eigenvalue weighted by Gasteiger charge is 2.36. The third-order valence-corrected chi connectivity index (χ3v) is 8.96. The van der Waals surface area contributed by atoms with Crippen molar-refractivity contribution in [1.82, 2.24) is 19.6 Å². The Labute approximate surface area is 259 Å². The quantitative estimate of drug-likeness (QED) is 0.459. The number of carbonyl (C=O) groups is 4. The summed E-state index contributed by atoms with van der Waals surface area (Å²) in [5, 5.41) is 0. The third kappa shape index (κ3) is 7.70. The molecule has 2 unspecified atom stereocenters. The Kier molecular flexibility index (Phi) is 10.4. The van der Waals surface area contributed by atoms with Crippen molar-refractivity contribution in [3.05, 3.63) is 59.7 Å². The van der Waals surface area contributed by atoms with Crippen LogP contribution < -0.4 is 9.47 Å². The van der Waals surface area contributed by atoms with E-state index in [1.54, 1.807) is 33.7 Å². The minimum atomic E-state index is -0.432. The lowest BCUT2D eigenvalue weighted by atomic mass is 10.1. The normalized spacial score (nSPS) is 23.2. The topological polar surface area (TPSA) is 99.7 Å². The molecule has 0 aromatic heterocycles. The van der Waals surface area contributed by atoms with E-state index in [4.69, 9.17) is 9.47 Å². The average Bonchev–Trinajstić information content (AvgIpc) is 3.73. The van der Waals surface area contributed by atoms with E-state index in [2.05, 4.69) is 0 Å². The summed E-state index contributed by atoms with van der Waals surface area (Å²) in [5.74, 6) is 1.15. The van der Waals surface area contributed by atoms with Gasteiger partial charge in [0.25, 0.3) is 0 Å². The van der Waals surface area contributed by atoms with Gasteiger partial charge in [-0.05, 0) is 73.9 Å². The molecule has 0 aliphatic carbocycles. The first-order valence-corrected chi connectivity index (χ1v) is 15.8. The van der Waals surface area contributed by atoms with Crippen LogP contribution in [0.4, 0.5) is 0 Å². The Bertz CT molecular complexity index is 1210. The molecule has 0 radical (unpaired) electrons. The van der Waals surface area contributed by atoms with Crippen molar-refractivity contribution in [2.45, 2.75) is 63.5 Å². The number of carbonyl (C=O) groups excluding carboxylic acids is 4. The van der Waals surface area contributed by atoms with Crippen molar-refractivity contribution in [1.29, 1.82) is 0 Å². The Morgan fingerprint density at radius 1 is 0.545 bits per heavy atom. The lowest BCUT2D eigenvalue weighted by Gasteiger charge is -2.28. The summed E-state index contributed by atoms with van der Waals surface area (Å²) in [6.45, 7) is 2.71. The first-order chi connectivity index (χ1) is 21.3. The number of likely N-dealkylation sites (N-methyl/N-ethyl adjacent to an activating group) is 2. The van der Waals surface area contributed by atoms with Gasteiger partial charge in [0, 0.05) is 40.3 Å². The van der Waals surface area contributed by atoms with Gasteiger partial charge in [-0.25, -0.2) is 0 Å². The molecule has 0 spiro atoms. The molecule has 4 bridgehead atoms. The molecule has 2 aromatic rings. The first-order valence-electron chi connectivity index (χ1n) is 15.8. The highest BCUT2D eigenvalue weighted by atomic mass is 16.5. The Morgan fingerprint density at radius 2 is 0.932 bits per heavy atom. The molecule has 236 valence electrons. The van der Waals surface area contributed by atoms with E-state index in [1.807, 2.05) is 48.5 Å². The summed E-state index contributed by atoms with van der Waals surface area (Å²) in [6, 6.07) is 14.5. The summed E-state index contributed by atoms with van der Waals surface area (Å²) < 4.78 is 11.7. The molecular weight excluding hydrogens is 560 g/mol. The zero-order valence-electron chi connectivity index (χ0n) is 25.9. The minimum Gasteiger partial charge on any atom is -0.493 e. The van der Waals surface area contributed by atoms with Crippen LogP contribution in [0, 0.1) is 0 Å². The van der Waals surface area contributed by atoms with Crippen molar-refractivity contribution in [2.75, 3.05) is 53.5 Å². The van der Waals surface area contributed by atoms with Gasteiger partial charge in [-0.2, -0.15) is 0 Å². The highest BCUT2D eigenvalue weighted by molar-refractivity contribution is 5.89. The van der Waals surface area contributed by atoms with Crippen molar-refractivity contribution >= 4 is 23.6 Å². The van der Waals surface area contributed by atoms with Gasteiger partial charge >= 0.3 is 0 Å². The molecule has 10 nitrogen and oxygen atoms in total. The van der Waals surface area contributed by atoms with Crippen LogP contribution in [0.5, 0.6) is 11.5 Å². The van der Waals surface area contributed by atoms with E-state index in [1.165, 1.54) is 0 Å². The van der Waals surface area contributed by atoms with Gasteiger partial charge in [0.1, 0.15) is 23.6 Å².